The Balaban J connectivity index is 1.67. The summed E-state index contributed by atoms with van der Waals surface area (Å²) in [6.07, 6.45) is 0. The van der Waals surface area contributed by atoms with Crippen LogP contribution in [0.1, 0.15) is 16.7 Å². The summed E-state index contributed by atoms with van der Waals surface area (Å²) < 4.78 is 6.04. The van der Waals surface area contributed by atoms with Crippen molar-refractivity contribution >= 4 is 16.9 Å². The zero-order valence-electron chi connectivity index (χ0n) is 20.3. The molecule has 174 valence electrons. The minimum Gasteiger partial charge on any atom is -0.196 e. The Morgan fingerprint density at radius 2 is 0.639 bits per heavy atom. The van der Waals surface area contributed by atoms with Gasteiger partial charge >= 0.3 is 0 Å². The average Bonchev–Trinajstić information content (AvgIpc) is 3.57. The maximum atomic E-state index is 5.14. The van der Waals surface area contributed by atoms with Gasteiger partial charge in [-0.15, -0.1) is 0 Å². The van der Waals surface area contributed by atoms with Crippen LogP contribution < -0.4 is 0 Å². The van der Waals surface area contributed by atoms with Crippen molar-refractivity contribution in [3.8, 4) is 33.8 Å². The largest absolute Gasteiger partial charge is 0.196 e. The van der Waals surface area contributed by atoms with E-state index in [-0.39, 0.29) is 0 Å². The van der Waals surface area contributed by atoms with Gasteiger partial charge in [0.25, 0.3) is 0 Å². The quantitative estimate of drug-likeness (QED) is 0.295. The minimum absolute atomic E-state index is 0.946. The number of benzene rings is 3. The Kier molecular flexibility index (Phi) is 4.39. The first-order valence-corrected chi connectivity index (χ1v) is 12.1. The van der Waals surface area contributed by atoms with E-state index in [1.165, 1.54) is 0 Å². The van der Waals surface area contributed by atoms with Crippen molar-refractivity contribution < 1.29 is 0 Å². The van der Waals surface area contributed by atoms with Gasteiger partial charge in [0.05, 0.1) is 17.1 Å². The highest BCUT2D eigenvalue weighted by Gasteiger charge is 2.25. The first kappa shape index (κ1) is 20.6. The zero-order chi connectivity index (χ0) is 24.4. The second-order valence-electron chi connectivity index (χ2n) is 9.23. The molecule has 7 rings (SSSR count). The third kappa shape index (κ3) is 2.81. The number of hydrogen-bond acceptors (Lipinski definition) is 3. The summed E-state index contributed by atoms with van der Waals surface area (Å²) in [5, 5.41) is 15.4. The second-order valence-corrected chi connectivity index (χ2v) is 9.23. The normalized spacial score (nSPS) is 11.8. The molecule has 7 aromatic rings. The highest BCUT2D eigenvalue weighted by atomic mass is 15.4. The maximum absolute atomic E-state index is 5.14. The lowest BCUT2D eigenvalue weighted by Crippen LogP contribution is -2.06. The van der Waals surface area contributed by atoms with Crippen LogP contribution in [-0.4, -0.2) is 28.8 Å². The van der Waals surface area contributed by atoms with Crippen LogP contribution in [0.4, 0.5) is 0 Å². The number of fused-ring (bicyclic) bond motifs is 6. The van der Waals surface area contributed by atoms with Gasteiger partial charge in [-0.25, -0.2) is 0 Å². The summed E-state index contributed by atoms with van der Waals surface area (Å²) >= 11 is 0. The molecule has 3 aromatic carbocycles. The van der Waals surface area contributed by atoms with Gasteiger partial charge in [0.2, 0.25) is 0 Å². The van der Waals surface area contributed by atoms with Gasteiger partial charge < -0.3 is 0 Å². The summed E-state index contributed by atoms with van der Waals surface area (Å²) in [4.78, 5) is 0. The predicted molar refractivity (Wildman–Crippen MR) is 143 cm³/mol. The van der Waals surface area contributed by atoms with Gasteiger partial charge in [0.1, 0.15) is 0 Å². The minimum atomic E-state index is 0.946. The lowest BCUT2D eigenvalue weighted by atomic mass is 10.1. The molecule has 0 unspecified atom stereocenters. The molecule has 0 saturated heterocycles. The molecule has 0 saturated carbocycles. The third-order valence-electron chi connectivity index (χ3n) is 7.02. The van der Waals surface area contributed by atoms with Crippen molar-refractivity contribution in [2.45, 2.75) is 20.8 Å². The molecular formula is C30H24N6. The standard InChI is InChI=1S/C30H24N6/c1-19-25(22-13-7-4-8-14-22)31-34-28(19)35-30(20(2)26(32-35)23-15-9-5-10-16-23)36-29(34)21(3)27(33-36)24-17-11-6-12-18-24/h4-18H,1-3H3. The Morgan fingerprint density at radius 3 is 0.889 bits per heavy atom. The lowest BCUT2D eigenvalue weighted by Gasteiger charge is -2.04. The molecule has 4 aromatic heterocycles. The van der Waals surface area contributed by atoms with Crippen molar-refractivity contribution in [2.75, 3.05) is 0 Å². The molecule has 6 heteroatoms. The molecule has 0 spiro atoms. The van der Waals surface area contributed by atoms with Crippen molar-refractivity contribution in [1.29, 1.82) is 0 Å². The van der Waals surface area contributed by atoms with Crippen molar-refractivity contribution in [1.82, 2.24) is 28.8 Å². The number of nitrogens with zero attached hydrogens (tertiary/aromatic N) is 6. The summed E-state index contributed by atoms with van der Waals surface area (Å²) in [7, 11) is 0. The van der Waals surface area contributed by atoms with Gasteiger partial charge in [-0.05, 0) is 20.8 Å². The summed E-state index contributed by atoms with van der Waals surface area (Å²) in [6.45, 7) is 6.39. The van der Waals surface area contributed by atoms with Crippen LogP contribution in [0.15, 0.2) is 91.0 Å². The predicted octanol–water partition coefficient (Wildman–Crippen LogP) is 6.56. The molecule has 0 atom stereocenters. The van der Waals surface area contributed by atoms with Crippen LogP contribution >= 0.6 is 0 Å². The molecule has 0 aliphatic rings. The summed E-state index contributed by atoms with van der Waals surface area (Å²) in [5.74, 6) is 0. The highest BCUT2D eigenvalue weighted by Crippen LogP contribution is 2.34. The fraction of sp³-hybridized carbons (Fsp3) is 0.100. The van der Waals surface area contributed by atoms with Crippen LogP contribution in [0.2, 0.25) is 0 Å². The molecule has 6 nitrogen and oxygen atoms in total. The van der Waals surface area contributed by atoms with E-state index in [0.717, 1.165) is 67.4 Å². The number of hydrogen-bond donors (Lipinski definition) is 0. The van der Waals surface area contributed by atoms with E-state index >= 15 is 0 Å². The maximum Gasteiger partial charge on any atom is 0.164 e. The third-order valence-corrected chi connectivity index (χ3v) is 7.02. The Labute approximate surface area is 208 Å². The molecule has 0 aliphatic carbocycles. The Bertz CT molecular complexity index is 1640. The molecule has 4 heterocycles. The van der Waals surface area contributed by atoms with Gasteiger partial charge in [-0.2, -0.15) is 28.8 Å². The van der Waals surface area contributed by atoms with Crippen LogP contribution in [0, 0.1) is 20.8 Å². The molecule has 0 radical (unpaired) electrons. The van der Waals surface area contributed by atoms with E-state index in [9.17, 15) is 0 Å². The van der Waals surface area contributed by atoms with E-state index in [0.29, 0.717) is 0 Å². The molecular weight excluding hydrogens is 444 g/mol. The van der Waals surface area contributed by atoms with Crippen molar-refractivity contribution in [2.24, 2.45) is 0 Å². The fourth-order valence-electron chi connectivity index (χ4n) is 5.26. The molecule has 0 aliphatic heterocycles. The zero-order valence-corrected chi connectivity index (χ0v) is 20.3. The van der Waals surface area contributed by atoms with Crippen LogP contribution in [0.3, 0.4) is 0 Å². The first-order valence-electron chi connectivity index (χ1n) is 12.1. The molecule has 0 bridgehead atoms. The van der Waals surface area contributed by atoms with Crippen molar-refractivity contribution in [3.05, 3.63) is 108 Å². The van der Waals surface area contributed by atoms with E-state index in [2.05, 4.69) is 57.2 Å². The Morgan fingerprint density at radius 1 is 0.389 bits per heavy atom. The van der Waals surface area contributed by atoms with E-state index < -0.39 is 0 Å². The van der Waals surface area contributed by atoms with Crippen LogP contribution in [0.5, 0.6) is 0 Å². The summed E-state index contributed by atoms with van der Waals surface area (Å²) in [5.41, 5.74) is 12.2. The van der Waals surface area contributed by atoms with Gasteiger partial charge in [-0.1, -0.05) is 91.0 Å². The monoisotopic (exact) mass is 468 g/mol. The first-order chi connectivity index (χ1) is 17.6. The lowest BCUT2D eigenvalue weighted by molar-refractivity contribution is 0.828. The smallest absolute Gasteiger partial charge is 0.164 e. The van der Waals surface area contributed by atoms with Crippen molar-refractivity contribution in [3.63, 3.8) is 0 Å². The van der Waals surface area contributed by atoms with Gasteiger partial charge in [0.15, 0.2) is 16.9 Å². The SMILES string of the molecule is Cc1c(-c2ccccc2)nn2c1n1nc(-c3ccccc3)c(C)c1n1nc(-c3ccccc3)c(C)c21. The van der Waals surface area contributed by atoms with E-state index in [1.54, 1.807) is 0 Å². The molecule has 36 heavy (non-hydrogen) atoms. The fourth-order valence-corrected chi connectivity index (χ4v) is 5.26. The summed E-state index contributed by atoms with van der Waals surface area (Å²) in [6, 6.07) is 31.0. The topological polar surface area (TPSA) is 51.9 Å². The van der Waals surface area contributed by atoms with Crippen LogP contribution in [0.25, 0.3) is 50.7 Å². The Hall–Kier alpha value is -4.71. The van der Waals surface area contributed by atoms with Gasteiger partial charge in [0, 0.05) is 33.4 Å². The van der Waals surface area contributed by atoms with Crippen LogP contribution in [-0.2, 0) is 0 Å². The molecule has 0 N–H and O–H groups in total. The highest BCUT2D eigenvalue weighted by molar-refractivity contribution is 5.81. The van der Waals surface area contributed by atoms with E-state index in [1.807, 2.05) is 68.1 Å². The molecule has 0 fully saturated rings. The van der Waals surface area contributed by atoms with E-state index in [4.69, 9.17) is 15.3 Å². The number of rotatable bonds is 3. The number of aromatic nitrogens is 6. The molecule has 0 amide bonds. The number of aryl methyl sites for hydroxylation is 3. The van der Waals surface area contributed by atoms with Gasteiger partial charge in [-0.3, -0.25) is 0 Å². The average molecular weight is 469 g/mol. The second kappa shape index (κ2) is 7.65.